The van der Waals surface area contributed by atoms with Crippen LogP contribution in [-0.4, -0.2) is 9.91 Å². The monoisotopic (exact) mass is 302 g/mol. The third kappa shape index (κ3) is 2.72. The van der Waals surface area contributed by atoms with Crippen LogP contribution >= 0.6 is 11.6 Å². The van der Waals surface area contributed by atoms with Crippen molar-refractivity contribution in [2.45, 2.75) is 6.18 Å². The highest BCUT2D eigenvalue weighted by molar-refractivity contribution is 6.31. The molecule has 0 radical (unpaired) electrons. The third-order valence-corrected chi connectivity index (χ3v) is 2.85. The van der Waals surface area contributed by atoms with Crippen molar-refractivity contribution in [2.24, 2.45) is 0 Å². The van der Waals surface area contributed by atoms with Crippen molar-refractivity contribution >= 4 is 17.3 Å². The van der Waals surface area contributed by atoms with E-state index in [0.29, 0.717) is 0 Å². The van der Waals surface area contributed by atoms with Crippen molar-refractivity contribution in [1.29, 1.82) is 0 Å². The highest BCUT2D eigenvalue weighted by Gasteiger charge is 2.33. The van der Waals surface area contributed by atoms with Gasteiger partial charge < -0.3 is 0 Å². The molecule has 104 valence electrons. The average molecular weight is 303 g/mol. The molecule has 0 spiro atoms. The minimum atomic E-state index is -4.56. The van der Waals surface area contributed by atoms with Gasteiger partial charge in [-0.05, 0) is 11.6 Å². The maximum Gasteiger partial charge on any atom is 0.417 e. The van der Waals surface area contributed by atoms with E-state index in [2.05, 4.69) is 4.98 Å². The summed E-state index contributed by atoms with van der Waals surface area (Å²) in [6.07, 6.45) is -3.50. The van der Waals surface area contributed by atoms with Crippen LogP contribution < -0.4 is 0 Å². The lowest BCUT2D eigenvalue weighted by molar-refractivity contribution is -0.385. The molecule has 0 bridgehead atoms. The first-order valence-corrected chi connectivity index (χ1v) is 5.65. The molecule has 0 amide bonds. The molecule has 0 fully saturated rings. The molecule has 0 atom stereocenters. The molecule has 0 unspecified atom stereocenters. The average Bonchev–Trinajstić information content (AvgIpc) is 2.38. The zero-order valence-electron chi connectivity index (χ0n) is 9.69. The van der Waals surface area contributed by atoms with Gasteiger partial charge in [0.05, 0.1) is 10.5 Å². The predicted molar refractivity (Wildman–Crippen MR) is 66.3 cm³/mol. The number of hydrogen-bond acceptors (Lipinski definition) is 3. The first kappa shape index (κ1) is 14.3. The lowest BCUT2D eigenvalue weighted by Gasteiger charge is -2.12. The van der Waals surface area contributed by atoms with Gasteiger partial charge in [0, 0.05) is 17.8 Å². The predicted octanol–water partition coefficient (Wildman–Crippen LogP) is 4.33. The maximum atomic E-state index is 12.9. The summed E-state index contributed by atoms with van der Waals surface area (Å²) in [5.41, 5.74) is -1.64. The molecular formula is C12H6ClF3N2O2. The second-order valence-electron chi connectivity index (χ2n) is 3.83. The van der Waals surface area contributed by atoms with Crippen molar-refractivity contribution in [2.75, 3.05) is 0 Å². The summed E-state index contributed by atoms with van der Waals surface area (Å²) in [5, 5.41) is 10.4. The number of rotatable bonds is 2. The second kappa shape index (κ2) is 5.09. The van der Waals surface area contributed by atoms with Crippen LogP contribution in [-0.2, 0) is 6.18 Å². The zero-order chi connectivity index (χ0) is 14.9. The van der Waals surface area contributed by atoms with Gasteiger partial charge in [0.1, 0.15) is 0 Å². The van der Waals surface area contributed by atoms with Crippen LogP contribution in [0.5, 0.6) is 0 Å². The third-order valence-electron chi connectivity index (χ3n) is 2.56. The normalized spacial score (nSPS) is 11.4. The van der Waals surface area contributed by atoms with Crippen molar-refractivity contribution in [3.63, 3.8) is 0 Å². The SMILES string of the molecule is O=[N+]([O-])c1cc(-c2ccccc2C(F)(F)F)cnc1Cl. The minimum absolute atomic E-state index is 0.0194. The quantitative estimate of drug-likeness (QED) is 0.471. The number of hydrogen-bond donors (Lipinski definition) is 0. The van der Waals surface area contributed by atoms with E-state index < -0.39 is 22.4 Å². The summed E-state index contributed by atoms with van der Waals surface area (Å²) in [7, 11) is 0. The number of halogens is 4. The van der Waals surface area contributed by atoms with Crippen LogP contribution in [0.2, 0.25) is 5.15 Å². The Morgan fingerprint density at radius 3 is 2.50 bits per heavy atom. The first-order chi connectivity index (χ1) is 9.30. The molecular weight excluding hydrogens is 297 g/mol. The number of alkyl halides is 3. The molecule has 1 heterocycles. The molecule has 1 aromatic heterocycles. The minimum Gasteiger partial charge on any atom is -0.258 e. The molecule has 8 heteroatoms. The van der Waals surface area contributed by atoms with Gasteiger partial charge in [-0.1, -0.05) is 29.8 Å². The number of pyridine rings is 1. The molecule has 4 nitrogen and oxygen atoms in total. The first-order valence-electron chi connectivity index (χ1n) is 5.27. The topological polar surface area (TPSA) is 56.0 Å². The lowest BCUT2D eigenvalue weighted by Crippen LogP contribution is -2.07. The van der Waals surface area contributed by atoms with Crippen LogP contribution in [0, 0.1) is 10.1 Å². The molecule has 0 aliphatic heterocycles. The van der Waals surface area contributed by atoms with Crippen LogP contribution in [0.3, 0.4) is 0 Å². The van der Waals surface area contributed by atoms with E-state index in [1.54, 1.807) is 0 Å². The Bertz CT molecular complexity index is 674. The van der Waals surface area contributed by atoms with E-state index in [1.807, 2.05) is 0 Å². The number of aromatic nitrogens is 1. The van der Waals surface area contributed by atoms with E-state index >= 15 is 0 Å². The fourth-order valence-electron chi connectivity index (χ4n) is 1.69. The van der Waals surface area contributed by atoms with Crippen LogP contribution in [0.4, 0.5) is 18.9 Å². The number of nitrogens with zero attached hydrogens (tertiary/aromatic N) is 2. The Morgan fingerprint density at radius 2 is 1.90 bits per heavy atom. The second-order valence-corrected chi connectivity index (χ2v) is 4.19. The molecule has 0 saturated heterocycles. The number of benzene rings is 1. The van der Waals surface area contributed by atoms with Crippen molar-refractivity contribution < 1.29 is 18.1 Å². The van der Waals surface area contributed by atoms with Crippen LogP contribution in [0.15, 0.2) is 36.5 Å². The maximum absolute atomic E-state index is 12.9. The van der Waals surface area contributed by atoms with Crippen LogP contribution in [0.1, 0.15) is 5.56 Å². The molecule has 0 aliphatic carbocycles. The van der Waals surface area contributed by atoms with E-state index in [-0.39, 0.29) is 16.3 Å². The Kier molecular flexibility index (Phi) is 3.63. The highest BCUT2D eigenvalue weighted by Crippen LogP contribution is 2.38. The van der Waals surface area contributed by atoms with E-state index in [0.717, 1.165) is 18.3 Å². The molecule has 0 aliphatic rings. The van der Waals surface area contributed by atoms with E-state index in [1.165, 1.54) is 18.2 Å². The Morgan fingerprint density at radius 1 is 1.25 bits per heavy atom. The molecule has 0 N–H and O–H groups in total. The van der Waals surface area contributed by atoms with Gasteiger partial charge in [-0.25, -0.2) is 4.98 Å². The largest absolute Gasteiger partial charge is 0.417 e. The van der Waals surface area contributed by atoms with Gasteiger partial charge in [-0.15, -0.1) is 0 Å². The number of nitro groups is 1. The van der Waals surface area contributed by atoms with E-state index in [9.17, 15) is 23.3 Å². The van der Waals surface area contributed by atoms with Crippen LogP contribution in [0.25, 0.3) is 11.1 Å². The summed E-state index contributed by atoms with van der Waals surface area (Å²) < 4.78 is 38.7. The van der Waals surface area contributed by atoms with Gasteiger partial charge in [-0.2, -0.15) is 13.2 Å². The summed E-state index contributed by atoms with van der Waals surface area (Å²) in [5.74, 6) is 0. The molecule has 0 saturated carbocycles. The van der Waals surface area contributed by atoms with Gasteiger partial charge in [0.2, 0.25) is 5.15 Å². The standard InChI is InChI=1S/C12H6ClF3N2O2/c13-11-10(18(19)20)5-7(6-17-11)8-3-1-2-4-9(8)12(14,15)16/h1-6H. The Labute approximate surface area is 116 Å². The molecule has 20 heavy (non-hydrogen) atoms. The molecule has 2 aromatic rings. The fraction of sp³-hybridized carbons (Fsp3) is 0.0833. The van der Waals surface area contributed by atoms with Gasteiger partial charge in [0.25, 0.3) is 0 Å². The van der Waals surface area contributed by atoms with Gasteiger partial charge in [-0.3, -0.25) is 10.1 Å². The zero-order valence-corrected chi connectivity index (χ0v) is 10.4. The molecule has 2 rings (SSSR count). The van der Waals surface area contributed by atoms with Gasteiger partial charge >= 0.3 is 11.9 Å². The fourth-order valence-corrected chi connectivity index (χ4v) is 1.87. The van der Waals surface area contributed by atoms with E-state index in [4.69, 9.17) is 11.6 Å². The summed E-state index contributed by atoms with van der Waals surface area (Å²) in [6, 6.07) is 5.74. The highest BCUT2D eigenvalue weighted by atomic mass is 35.5. The van der Waals surface area contributed by atoms with Gasteiger partial charge in [0.15, 0.2) is 0 Å². The Hall–Kier alpha value is -2.15. The smallest absolute Gasteiger partial charge is 0.258 e. The lowest BCUT2D eigenvalue weighted by atomic mass is 10.0. The Balaban J connectivity index is 2.64. The van der Waals surface area contributed by atoms with Crippen molar-refractivity contribution in [3.05, 3.63) is 57.4 Å². The summed E-state index contributed by atoms with van der Waals surface area (Å²) in [4.78, 5) is 13.5. The summed E-state index contributed by atoms with van der Waals surface area (Å²) >= 11 is 5.53. The van der Waals surface area contributed by atoms with Crippen molar-refractivity contribution in [3.8, 4) is 11.1 Å². The summed E-state index contributed by atoms with van der Waals surface area (Å²) in [6.45, 7) is 0. The van der Waals surface area contributed by atoms with Crippen molar-refractivity contribution in [1.82, 2.24) is 4.98 Å². The molecule has 1 aromatic carbocycles.